The zero-order chi connectivity index (χ0) is 13.2. The van der Waals surface area contributed by atoms with Gasteiger partial charge >= 0.3 is 0 Å². The summed E-state index contributed by atoms with van der Waals surface area (Å²) >= 11 is 0. The van der Waals surface area contributed by atoms with Crippen molar-refractivity contribution >= 4 is 11.0 Å². The van der Waals surface area contributed by atoms with Crippen molar-refractivity contribution in [3.05, 3.63) is 60.1 Å². The van der Waals surface area contributed by atoms with Gasteiger partial charge in [-0.15, -0.1) is 0 Å². The maximum atomic E-state index is 13.2. The van der Waals surface area contributed by atoms with E-state index < -0.39 is 0 Å². The lowest BCUT2D eigenvalue weighted by Crippen LogP contribution is -2.18. The predicted molar refractivity (Wildman–Crippen MR) is 69.1 cm³/mol. The first-order chi connectivity index (χ1) is 9.28. The van der Waals surface area contributed by atoms with Crippen LogP contribution in [-0.4, -0.2) is 17.0 Å². The summed E-state index contributed by atoms with van der Waals surface area (Å²) in [6, 6.07) is 7.92. The minimum Gasteiger partial charge on any atom is -0.459 e. The van der Waals surface area contributed by atoms with Crippen LogP contribution in [0.5, 0.6) is 0 Å². The largest absolute Gasteiger partial charge is 0.459 e. The van der Waals surface area contributed by atoms with Gasteiger partial charge in [0.1, 0.15) is 29.5 Å². The summed E-state index contributed by atoms with van der Waals surface area (Å²) in [5, 5.41) is 3.87. The highest BCUT2D eigenvalue weighted by molar-refractivity contribution is 5.78. The van der Waals surface area contributed by atoms with Crippen LogP contribution in [0.25, 0.3) is 11.0 Å². The fourth-order valence-electron chi connectivity index (χ4n) is 2.08. The number of aromatic nitrogens is 2. The Kier molecular flexibility index (Phi) is 2.97. The first-order valence-corrected chi connectivity index (χ1v) is 5.90. The molecule has 5 heteroatoms. The highest BCUT2D eigenvalue weighted by atomic mass is 19.1. The third-order valence-corrected chi connectivity index (χ3v) is 2.97. The second kappa shape index (κ2) is 4.78. The highest BCUT2D eigenvalue weighted by Crippen LogP contribution is 2.27. The molecule has 0 radical (unpaired) electrons. The van der Waals surface area contributed by atoms with E-state index in [9.17, 15) is 4.39 Å². The Morgan fingerprint density at radius 2 is 2.16 bits per heavy atom. The molecule has 0 bridgehead atoms. The molecule has 1 aromatic carbocycles. The molecule has 1 unspecified atom stereocenters. The maximum absolute atomic E-state index is 13.2. The number of nitrogens with zero attached hydrogens (tertiary/aromatic N) is 2. The molecule has 1 N–H and O–H groups in total. The van der Waals surface area contributed by atoms with E-state index in [1.54, 1.807) is 12.3 Å². The zero-order valence-electron chi connectivity index (χ0n) is 10.3. The lowest BCUT2D eigenvalue weighted by Gasteiger charge is -2.11. The number of hydrogen-bond acceptors (Lipinski definition) is 4. The van der Waals surface area contributed by atoms with Crippen LogP contribution in [0.2, 0.25) is 0 Å². The van der Waals surface area contributed by atoms with E-state index in [1.165, 1.54) is 18.5 Å². The molecule has 0 aliphatic carbocycles. The summed E-state index contributed by atoms with van der Waals surface area (Å²) in [6.07, 6.45) is 3.16. The van der Waals surface area contributed by atoms with Crippen LogP contribution in [-0.2, 0) is 0 Å². The molecule has 0 saturated heterocycles. The summed E-state index contributed by atoms with van der Waals surface area (Å²) in [5.74, 6) is 0.421. The molecule has 3 aromatic rings. The lowest BCUT2D eigenvalue weighted by molar-refractivity contribution is 0.485. The van der Waals surface area contributed by atoms with Gasteiger partial charge in [0.05, 0.1) is 5.69 Å². The van der Waals surface area contributed by atoms with Crippen LogP contribution in [0.4, 0.5) is 4.39 Å². The van der Waals surface area contributed by atoms with Crippen molar-refractivity contribution in [2.75, 3.05) is 7.05 Å². The smallest absolute Gasteiger partial charge is 0.134 e. The molecule has 0 fully saturated rings. The molecule has 0 aliphatic rings. The Morgan fingerprint density at radius 1 is 1.26 bits per heavy atom. The molecule has 0 aliphatic heterocycles. The van der Waals surface area contributed by atoms with Crippen LogP contribution in [0.15, 0.2) is 47.3 Å². The number of nitrogens with one attached hydrogen (secondary N) is 1. The molecule has 2 heterocycles. The number of rotatable bonds is 3. The monoisotopic (exact) mass is 257 g/mol. The van der Waals surface area contributed by atoms with Crippen LogP contribution < -0.4 is 5.32 Å². The lowest BCUT2D eigenvalue weighted by atomic mass is 10.1. The minimum absolute atomic E-state index is 0.182. The first-order valence-electron chi connectivity index (χ1n) is 5.90. The average Bonchev–Trinajstić information content (AvgIpc) is 2.83. The number of halogens is 1. The van der Waals surface area contributed by atoms with Gasteiger partial charge in [0.15, 0.2) is 0 Å². The van der Waals surface area contributed by atoms with Gasteiger partial charge in [0.2, 0.25) is 0 Å². The molecule has 2 aromatic heterocycles. The Bertz CT molecular complexity index is 696. The van der Waals surface area contributed by atoms with Gasteiger partial charge in [-0.3, -0.25) is 0 Å². The second-order valence-corrected chi connectivity index (χ2v) is 4.19. The predicted octanol–water partition coefficient (Wildman–Crippen LogP) is 2.67. The van der Waals surface area contributed by atoms with Crippen LogP contribution in [0, 0.1) is 5.82 Å². The van der Waals surface area contributed by atoms with Crippen molar-refractivity contribution < 1.29 is 8.81 Å². The van der Waals surface area contributed by atoms with E-state index in [2.05, 4.69) is 15.3 Å². The molecule has 1 atom stereocenters. The zero-order valence-corrected chi connectivity index (χ0v) is 10.3. The third kappa shape index (κ3) is 2.20. The van der Waals surface area contributed by atoms with Gasteiger partial charge in [0.25, 0.3) is 0 Å². The Labute approximate surface area is 109 Å². The van der Waals surface area contributed by atoms with E-state index in [1.807, 2.05) is 19.2 Å². The van der Waals surface area contributed by atoms with Gasteiger partial charge < -0.3 is 9.73 Å². The van der Waals surface area contributed by atoms with Gasteiger partial charge in [-0.1, -0.05) is 0 Å². The summed E-state index contributed by atoms with van der Waals surface area (Å²) in [7, 11) is 1.82. The first kappa shape index (κ1) is 11.8. The molecule has 0 spiro atoms. The average molecular weight is 257 g/mol. The fourth-order valence-corrected chi connectivity index (χ4v) is 2.08. The highest BCUT2D eigenvalue weighted by Gasteiger charge is 2.18. The van der Waals surface area contributed by atoms with Crippen molar-refractivity contribution in [3.63, 3.8) is 0 Å². The molecule has 19 heavy (non-hydrogen) atoms. The quantitative estimate of drug-likeness (QED) is 0.783. The number of benzene rings is 1. The van der Waals surface area contributed by atoms with Gasteiger partial charge in [-0.05, 0) is 37.4 Å². The van der Waals surface area contributed by atoms with E-state index >= 15 is 0 Å². The van der Waals surface area contributed by atoms with Crippen molar-refractivity contribution in [1.29, 1.82) is 0 Å². The van der Waals surface area contributed by atoms with Gasteiger partial charge in [-0.2, -0.15) is 0 Å². The number of hydrogen-bond donors (Lipinski definition) is 1. The van der Waals surface area contributed by atoms with Gasteiger partial charge in [0, 0.05) is 11.6 Å². The van der Waals surface area contributed by atoms with Crippen molar-refractivity contribution in [3.8, 4) is 0 Å². The summed E-state index contributed by atoms with van der Waals surface area (Å²) in [5.41, 5.74) is 1.46. The summed E-state index contributed by atoms with van der Waals surface area (Å²) < 4.78 is 18.9. The maximum Gasteiger partial charge on any atom is 0.134 e. The number of furan rings is 1. The van der Waals surface area contributed by atoms with E-state index in [0.29, 0.717) is 11.3 Å². The molecule has 4 nitrogen and oxygen atoms in total. The number of fused-ring (bicyclic) bond motifs is 1. The van der Waals surface area contributed by atoms with Crippen molar-refractivity contribution in [2.24, 2.45) is 0 Å². The summed E-state index contributed by atoms with van der Waals surface area (Å²) in [4.78, 5) is 8.10. The van der Waals surface area contributed by atoms with E-state index in [4.69, 9.17) is 4.42 Å². The topological polar surface area (TPSA) is 51.0 Å². The molecule has 0 saturated carbocycles. The molecule has 3 rings (SSSR count). The van der Waals surface area contributed by atoms with Gasteiger partial charge in [-0.25, -0.2) is 14.4 Å². The SMILES string of the molecule is CNC(c1ccncn1)c1cc2cc(F)ccc2o1. The third-order valence-electron chi connectivity index (χ3n) is 2.97. The molecular formula is C14H12FN3O. The fraction of sp³-hybridized carbons (Fsp3) is 0.143. The Morgan fingerprint density at radius 3 is 2.89 bits per heavy atom. The Balaban J connectivity index is 2.07. The summed E-state index contributed by atoms with van der Waals surface area (Å²) in [6.45, 7) is 0. The van der Waals surface area contributed by atoms with Crippen LogP contribution in [0.3, 0.4) is 0 Å². The Hall–Kier alpha value is -2.27. The van der Waals surface area contributed by atoms with Crippen molar-refractivity contribution in [2.45, 2.75) is 6.04 Å². The molecule has 96 valence electrons. The normalized spacial score (nSPS) is 12.7. The van der Waals surface area contributed by atoms with Crippen LogP contribution in [0.1, 0.15) is 17.5 Å². The van der Waals surface area contributed by atoms with E-state index in [-0.39, 0.29) is 11.9 Å². The van der Waals surface area contributed by atoms with Crippen molar-refractivity contribution in [1.82, 2.24) is 15.3 Å². The van der Waals surface area contributed by atoms with E-state index in [0.717, 1.165) is 11.1 Å². The molecular weight excluding hydrogens is 245 g/mol. The standard InChI is InChI=1S/C14H12FN3O/c1-16-14(11-4-5-17-8-18-11)13-7-9-6-10(15)2-3-12(9)19-13/h2-8,14,16H,1H3. The second-order valence-electron chi connectivity index (χ2n) is 4.19. The van der Waals surface area contributed by atoms with Crippen LogP contribution >= 0.6 is 0 Å². The molecule has 0 amide bonds. The minimum atomic E-state index is -0.275.